The predicted molar refractivity (Wildman–Crippen MR) is 91.4 cm³/mol. The minimum atomic E-state index is 0.257. The largest absolute Gasteiger partial charge is 0.497 e. The smallest absolute Gasteiger partial charge is 0.156 e. The Hall–Kier alpha value is -1.20. The van der Waals surface area contributed by atoms with Gasteiger partial charge in [-0.3, -0.25) is 4.99 Å². The van der Waals surface area contributed by atoms with Crippen LogP contribution in [0.5, 0.6) is 5.75 Å². The fourth-order valence-corrected chi connectivity index (χ4v) is 3.45. The molecule has 116 valence electrons. The Bertz CT molecular complexity index is 490. The number of hydrogen-bond donors (Lipinski definition) is 1. The summed E-state index contributed by atoms with van der Waals surface area (Å²) in [4.78, 5) is 6.98. The summed E-state index contributed by atoms with van der Waals surface area (Å²) in [5.41, 5.74) is 1.23. The van der Waals surface area contributed by atoms with Gasteiger partial charge in [-0.15, -0.1) is 0 Å². The Kier molecular flexibility index (Phi) is 5.94. The first-order valence-corrected chi connectivity index (χ1v) is 8.33. The highest BCUT2D eigenvalue weighted by Gasteiger charge is 2.17. The molecule has 5 heteroatoms. The molecule has 0 spiro atoms. The normalized spacial score (nSPS) is 22.1. The monoisotopic (exact) mass is 307 g/mol. The Morgan fingerprint density at radius 3 is 2.95 bits per heavy atom. The first kappa shape index (κ1) is 16.2. The molecule has 0 amide bonds. The van der Waals surface area contributed by atoms with E-state index in [1.165, 1.54) is 12.0 Å². The SMILES string of the molecule is COc1cccc(C(CN=C2NC(C)CCS2)N(C)C)c1. The summed E-state index contributed by atoms with van der Waals surface area (Å²) in [5.74, 6) is 2.05. The number of likely N-dealkylation sites (N-methyl/N-ethyl adjacent to an activating group) is 1. The van der Waals surface area contributed by atoms with E-state index in [4.69, 9.17) is 9.73 Å². The number of ether oxygens (including phenoxy) is 1. The van der Waals surface area contributed by atoms with Gasteiger partial charge < -0.3 is 15.0 Å². The summed E-state index contributed by atoms with van der Waals surface area (Å²) < 4.78 is 5.32. The number of hydrogen-bond acceptors (Lipinski definition) is 4. The van der Waals surface area contributed by atoms with Crippen molar-refractivity contribution in [2.24, 2.45) is 4.99 Å². The number of benzene rings is 1. The standard InChI is InChI=1S/C16H25N3OS/c1-12-8-9-21-16(18-12)17-11-15(19(2)3)13-6-5-7-14(10-13)20-4/h5-7,10,12,15H,8-9,11H2,1-4H3,(H,17,18). The van der Waals surface area contributed by atoms with Gasteiger partial charge >= 0.3 is 0 Å². The van der Waals surface area contributed by atoms with E-state index in [0.29, 0.717) is 6.04 Å². The zero-order valence-electron chi connectivity index (χ0n) is 13.3. The third-order valence-electron chi connectivity index (χ3n) is 3.67. The molecule has 2 unspecified atom stereocenters. The van der Waals surface area contributed by atoms with Gasteiger partial charge in [0.05, 0.1) is 19.7 Å². The van der Waals surface area contributed by atoms with Crippen LogP contribution < -0.4 is 10.1 Å². The molecule has 4 nitrogen and oxygen atoms in total. The van der Waals surface area contributed by atoms with Crippen LogP contribution in [0.15, 0.2) is 29.3 Å². The van der Waals surface area contributed by atoms with Gasteiger partial charge in [-0.1, -0.05) is 23.9 Å². The van der Waals surface area contributed by atoms with Crippen molar-refractivity contribution in [2.45, 2.75) is 25.4 Å². The molecule has 21 heavy (non-hydrogen) atoms. The number of thioether (sulfide) groups is 1. The van der Waals surface area contributed by atoms with Gasteiger partial charge in [0.15, 0.2) is 5.17 Å². The van der Waals surface area contributed by atoms with Gasteiger partial charge in [0.1, 0.15) is 5.75 Å². The van der Waals surface area contributed by atoms with Crippen LogP contribution in [-0.4, -0.2) is 49.6 Å². The lowest BCUT2D eigenvalue weighted by Gasteiger charge is -2.26. The molecule has 1 saturated heterocycles. The summed E-state index contributed by atoms with van der Waals surface area (Å²) in [5, 5.41) is 4.53. The summed E-state index contributed by atoms with van der Waals surface area (Å²) in [7, 11) is 5.89. The van der Waals surface area contributed by atoms with E-state index in [1.54, 1.807) is 7.11 Å². The highest BCUT2D eigenvalue weighted by atomic mass is 32.2. The number of nitrogens with one attached hydrogen (secondary N) is 1. The van der Waals surface area contributed by atoms with Crippen LogP contribution in [0.25, 0.3) is 0 Å². The molecular formula is C16H25N3OS. The third-order valence-corrected chi connectivity index (χ3v) is 4.63. The molecular weight excluding hydrogens is 282 g/mol. The maximum atomic E-state index is 5.32. The van der Waals surface area contributed by atoms with Crippen LogP contribution >= 0.6 is 11.8 Å². The third kappa shape index (κ3) is 4.64. The number of methoxy groups -OCH3 is 1. The van der Waals surface area contributed by atoms with E-state index >= 15 is 0 Å². The van der Waals surface area contributed by atoms with Crippen LogP contribution in [0.3, 0.4) is 0 Å². The molecule has 0 aromatic heterocycles. The maximum Gasteiger partial charge on any atom is 0.156 e. The first-order chi connectivity index (χ1) is 10.1. The molecule has 1 aromatic rings. The number of aliphatic imine (C=N–C) groups is 1. The van der Waals surface area contributed by atoms with Crippen molar-refractivity contribution in [3.63, 3.8) is 0 Å². The molecule has 1 aliphatic rings. The van der Waals surface area contributed by atoms with E-state index in [1.807, 2.05) is 23.9 Å². The minimum Gasteiger partial charge on any atom is -0.497 e. The lowest BCUT2D eigenvalue weighted by molar-refractivity contribution is 0.305. The number of nitrogens with zero attached hydrogens (tertiary/aromatic N) is 2. The lowest BCUT2D eigenvalue weighted by Crippen LogP contribution is -2.36. The van der Waals surface area contributed by atoms with Crippen LogP contribution in [0.1, 0.15) is 24.9 Å². The molecule has 1 aliphatic heterocycles. The predicted octanol–water partition coefficient (Wildman–Crippen LogP) is 2.77. The second-order valence-electron chi connectivity index (χ2n) is 5.58. The van der Waals surface area contributed by atoms with Crippen molar-refractivity contribution >= 4 is 16.9 Å². The Morgan fingerprint density at radius 2 is 2.29 bits per heavy atom. The van der Waals surface area contributed by atoms with E-state index in [0.717, 1.165) is 23.2 Å². The first-order valence-electron chi connectivity index (χ1n) is 7.34. The zero-order chi connectivity index (χ0) is 15.2. The Labute approximate surface area is 132 Å². The van der Waals surface area contributed by atoms with Crippen molar-refractivity contribution < 1.29 is 4.74 Å². The zero-order valence-corrected chi connectivity index (χ0v) is 14.1. The van der Waals surface area contributed by atoms with Gasteiger partial charge in [0, 0.05) is 11.8 Å². The van der Waals surface area contributed by atoms with Crippen molar-refractivity contribution in [3.05, 3.63) is 29.8 Å². The molecule has 2 atom stereocenters. The highest BCUT2D eigenvalue weighted by molar-refractivity contribution is 8.13. The number of rotatable bonds is 5. The second kappa shape index (κ2) is 7.71. The average Bonchev–Trinajstić information content (AvgIpc) is 2.47. The summed E-state index contributed by atoms with van der Waals surface area (Å²) >= 11 is 1.82. The number of amidine groups is 1. The summed E-state index contributed by atoms with van der Waals surface area (Å²) in [6.07, 6.45) is 1.21. The Balaban J connectivity index is 2.10. The highest BCUT2D eigenvalue weighted by Crippen LogP contribution is 2.23. The van der Waals surface area contributed by atoms with Gasteiger partial charge in [-0.05, 0) is 45.1 Å². The minimum absolute atomic E-state index is 0.257. The van der Waals surface area contributed by atoms with E-state index < -0.39 is 0 Å². The summed E-state index contributed by atoms with van der Waals surface area (Å²) in [6, 6.07) is 9.02. The summed E-state index contributed by atoms with van der Waals surface area (Å²) in [6.45, 7) is 2.96. The van der Waals surface area contributed by atoms with Crippen molar-refractivity contribution in [2.75, 3.05) is 33.5 Å². The topological polar surface area (TPSA) is 36.9 Å². The molecule has 0 bridgehead atoms. The maximum absolute atomic E-state index is 5.32. The Morgan fingerprint density at radius 1 is 1.48 bits per heavy atom. The molecule has 0 saturated carbocycles. The molecule has 2 rings (SSSR count). The molecule has 1 fully saturated rings. The fraction of sp³-hybridized carbons (Fsp3) is 0.562. The van der Waals surface area contributed by atoms with E-state index in [2.05, 4.69) is 43.4 Å². The van der Waals surface area contributed by atoms with Gasteiger partial charge in [-0.25, -0.2) is 0 Å². The van der Waals surface area contributed by atoms with Crippen molar-refractivity contribution in [1.29, 1.82) is 0 Å². The van der Waals surface area contributed by atoms with E-state index in [-0.39, 0.29) is 6.04 Å². The van der Waals surface area contributed by atoms with Crippen LogP contribution in [-0.2, 0) is 0 Å². The lowest BCUT2D eigenvalue weighted by atomic mass is 10.1. The van der Waals surface area contributed by atoms with Gasteiger partial charge in [-0.2, -0.15) is 0 Å². The van der Waals surface area contributed by atoms with Crippen LogP contribution in [0, 0.1) is 0 Å². The van der Waals surface area contributed by atoms with Gasteiger partial charge in [0.2, 0.25) is 0 Å². The van der Waals surface area contributed by atoms with Crippen LogP contribution in [0.2, 0.25) is 0 Å². The fourth-order valence-electron chi connectivity index (χ4n) is 2.33. The molecule has 0 radical (unpaired) electrons. The van der Waals surface area contributed by atoms with E-state index in [9.17, 15) is 0 Å². The molecule has 0 aliphatic carbocycles. The molecule has 1 aromatic carbocycles. The average molecular weight is 307 g/mol. The molecule has 1 heterocycles. The van der Waals surface area contributed by atoms with Crippen molar-refractivity contribution in [1.82, 2.24) is 10.2 Å². The molecule has 1 N–H and O–H groups in total. The van der Waals surface area contributed by atoms with Crippen molar-refractivity contribution in [3.8, 4) is 5.75 Å². The second-order valence-corrected chi connectivity index (χ2v) is 6.67. The van der Waals surface area contributed by atoms with Crippen LogP contribution in [0.4, 0.5) is 0 Å². The quantitative estimate of drug-likeness (QED) is 0.907. The van der Waals surface area contributed by atoms with Gasteiger partial charge in [0.25, 0.3) is 0 Å².